The van der Waals surface area contributed by atoms with E-state index in [1.807, 2.05) is 32.9 Å². The minimum absolute atomic E-state index is 0.157. The lowest BCUT2D eigenvalue weighted by Crippen LogP contribution is -1.68. The summed E-state index contributed by atoms with van der Waals surface area (Å²) in [4.78, 5) is 1.23. The maximum absolute atomic E-state index is 12.7. The molecule has 2 aromatic rings. The van der Waals surface area contributed by atoms with Crippen molar-refractivity contribution in [3.05, 3.63) is 35.0 Å². The molecule has 0 radical (unpaired) electrons. The Morgan fingerprint density at radius 2 is 1.85 bits per heavy atom. The number of aryl methyl sites for hydroxylation is 1. The van der Waals surface area contributed by atoms with Gasteiger partial charge >= 0.3 is 0 Å². The topological polar surface area (TPSA) is 0 Å². The number of hydrogen-bond acceptors (Lipinski definition) is 1. The summed E-state index contributed by atoms with van der Waals surface area (Å²) < 4.78 is 13.8. The van der Waals surface area contributed by atoms with Crippen molar-refractivity contribution in [2.45, 2.75) is 20.8 Å². The lowest BCUT2D eigenvalue weighted by atomic mass is 10.2. The molecule has 0 aliphatic heterocycles. The van der Waals surface area contributed by atoms with Gasteiger partial charge in [-0.3, -0.25) is 0 Å². The monoisotopic (exact) mass is 196 g/mol. The molecule has 0 bridgehead atoms. The van der Waals surface area contributed by atoms with Crippen molar-refractivity contribution in [3.63, 3.8) is 0 Å². The average Bonchev–Trinajstić information content (AvgIpc) is 2.48. The zero-order chi connectivity index (χ0) is 9.84. The van der Waals surface area contributed by atoms with Gasteiger partial charge in [0.25, 0.3) is 0 Å². The fraction of sp³-hybridized carbons (Fsp3) is 0.273. The fourth-order valence-corrected chi connectivity index (χ4v) is 2.05. The molecule has 0 fully saturated rings. The van der Waals surface area contributed by atoms with E-state index in [-0.39, 0.29) is 5.82 Å². The van der Waals surface area contributed by atoms with Crippen LogP contribution in [0.2, 0.25) is 0 Å². The van der Waals surface area contributed by atoms with E-state index in [4.69, 9.17) is 0 Å². The molecule has 1 aromatic carbocycles. The Balaban J connectivity index is 0.000000396. The third-order valence-electron chi connectivity index (χ3n) is 1.60. The zero-order valence-electron chi connectivity index (χ0n) is 8.10. The summed E-state index contributed by atoms with van der Waals surface area (Å²) in [7, 11) is 0. The highest BCUT2D eigenvalue weighted by Crippen LogP contribution is 2.24. The average molecular weight is 196 g/mol. The SMILES string of the molecule is CC.Cc1cc2cc(F)ccc2s1. The van der Waals surface area contributed by atoms with Crippen molar-refractivity contribution in [2.24, 2.45) is 0 Å². The molecule has 0 atom stereocenters. The Hall–Kier alpha value is -0.890. The van der Waals surface area contributed by atoms with Gasteiger partial charge in [-0.15, -0.1) is 11.3 Å². The lowest BCUT2D eigenvalue weighted by Gasteiger charge is -1.86. The molecule has 0 amide bonds. The van der Waals surface area contributed by atoms with Gasteiger partial charge in [-0.1, -0.05) is 13.8 Å². The van der Waals surface area contributed by atoms with Gasteiger partial charge in [0.15, 0.2) is 0 Å². The van der Waals surface area contributed by atoms with Crippen LogP contribution in [-0.2, 0) is 0 Å². The van der Waals surface area contributed by atoms with E-state index in [0.717, 1.165) is 10.1 Å². The predicted octanol–water partition coefficient (Wildman–Crippen LogP) is 4.38. The van der Waals surface area contributed by atoms with E-state index in [2.05, 4.69) is 0 Å². The van der Waals surface area contributed by atoms with Crippen molar-refractivity contribution in [1.29, 1.82) is 0 Å². The number of fused-ring (bicyclic) bond motifs is 1. The van der Waals surface area contributed by atoms with Crippen molar-refractivity contribution in [1.82, 2.24) is 0 Å². The maximum Gasteiger partial charge on any atom is 0.123 e. The van der Waals surface area contributed by atoms with Gasteiger partial charge in [-0.2, -0.15) is 0 Å². The highest BCUT2D eigenvalue weighted by molar-refractivity contribution is 7.19. The molecule has 0 N–H and O–H groups in total. The summed E-state index contributed by atoms with van der Waals surface area (Å²) in [6.45, 7) is 6.03. The molecule has 1 heterocycles. The van der Waals surface area contributed by atoms with Crippen LogP contribution in [0.3, 0.4) is 0 Å². The van der Waals surface area contributed by atoms with Crippen LogP contribution in [0.25, 0.3) is 10.1 Å². The molecule has 13 heavy (non-hydrogen) atoms. The molecule has 2 rings (SSSR count). The molecular weight excluding hydrogens is 183 g/mol. The number of benzene rings is 1. The highest BCUT2D eigenvalue weighted by atomic mass is 32.1. The van der Waals surface area contributed by atoms with Gasteiger partial charge in [-0.25, -0.2) is 4.39 Å². The quantitative estimate of drug-likeness (QED) is 0.586. The molecular formula is C11H13FS. The van der Waals surface area contributed by atoms with Crippen LogP contribution in [-0.4, -0.2) is 0 Å². The normalized spacial score (nSPS) is 9.54. The van der Waals surface area contributed by atoms with Crippen molar-refractivity contribution < 1.29 is 4.39 Å². The molecule has 0 spiro atoms. The maximum atomic E-state index is 12.7. The third-order valence-corrected chi connectivity index (χ3v) is 2.63. The van der Waals surface area contributed by atoms with Crippen LogP contribution in [0.1, 0.15) is 18.7 Å². The minimum Gasteiger partial charge on any atom is -0.207 e. The molecule has 0 saturated carbocycles. The van der Waals surface area contributed by atoms with Crippen molar-refractivity contribution >= 4 is 21.4 Å². The summed E-state index contributed by atoms with van der Waals surface area (Å²) in [6, 6.07) is 6.89. The fourth-order valence-electron chi connectivity index (χ4n) is 1.15. The predicted molar refractivity (Wildman–Crippen MR) is 57.9 cm³/mol. The third kappa shape index (κ3) is 2.28. The van der Waals surface area contributed by atoms with E-state index in [1.165, 1.54) is 10.9 Å². The molecule has 1 aromatic heterocycles. The summed E-state index contributed by atoms with van der Waals surface area (Å²) in [5.41, 5.74) is 0. The second-order valence-electron chi connectivity index (χ2n) is 2.54. The van der Waals surface area contributed by atoms with E-state index >= 15 is 0 Å². The largest absolute Gasteiger partial charge is 0.207 e. The Bertz CT molecular complexity index is 390. The first-order valence-electron chi connectivity index (χ1n) is 4.41. The van der Waals surface area contributed by atoms with E-state index < -0.39 is 0 Å². The summed E-state index contributed by atoms with van der Waals surface area (Å²) >= 11 is 1.69. The summed E-state index contributed by atoms with van der Waals surface area (Å²) in [6.07, 6.45) is 0. The Labute approximate surface area is 82.0 Å². The minimum atomic E-state index is -0.157. The van der Waals surface area contributed by atoms with Gasteiger partial charge in [0.1, 0.15) is 5.82 Å². The van der Waals surface area contributed by atoms with Crippen LogP contribution < -0.4 is 0 Å². The lowest BCUT2D eigenvalue weighted by molar-refractivity contribution is 0.630. The number of hydrogen-bond donors (Lipinski definition) is 0. The van der Waals surface area contributed by atoms with Gasteiger partial charge in [0, 0.05) is 9.58 Å². The molecule has 0 nitrogen and oxygen atoms in total. The Morgan fingerprint density at radius 3 is 2.54 bits per heavy atom. The van der Waals surface area contributed by atoms with Gasteiger partial charge in [0.2, 0.25) is 0 Å². The van der Waals surface area contributed by atoms with Gasteiger partial charge < -0.3 is 0 Å². The Kier molecular flexibility index (Phi) is 3.43. The van der Waals surface area contributed by atoms with Gasteiger partial charge in [0.05, 0.1) is 0 Å². The first-order valence-corrected chi connectivity index (χ1v) is 5.23. The first-order chi connectivity index (χ1) is 6.25. The summed E-state index contributed by atoms with van der Waals surface area (Å²) in [5, 5.41) is 1.01. The molecule has 0 saturated heterocycles. The van der Waals surface area contributed by atoms with Crippen molar-refractivity contribution in [2.75, 3.05) is 0 Å². The van der Waals surface area contributed by atoms with Gasteiger partial charge in [-0.05, 0) is 36.6 Å². The van der Waals surface area contributed by atoms with E-state index in [9.17, 15) is 4.39 Å². The second kappa shape index (κ2) is 4.38. The highest BCUT2D eigenvalue weighted by Gasteiger charge is 1.98. The molecule has 70 valence electrons. The van der Waals surface area contributed by atoms with E-state index in [1.54, 1.807) is 17.4 Å². The zero-order valence-corrected chi connectivity index (χ0v) is 8.91. The molecule has 0 aliphatic carbocycles. The Morgan fingerprint density at radius 1 is 1.15 bits per heavy atom. The molecule has 0 unspecified atom stereocenters. The van der Waals surface area contributed by atoms with E-state index in [0.29, 0.717) is 0 Å². The standard InChI is InChI=1S/C9H7FS.C2H6/c1-6-4-7-5-8(10)2-3-9(7)11-6;1-2/h2-5H,1H3;1-2H3. The van der Waals surface area contributed by atoms with Crippen molar-refractivity contribution in [3.8, 4) is 0 Å². The summed E-state index contributed by atoms with van der Waals surface area (Å²) in [5.74, 6) is -0.157. The molecule has 0 aliphatic rings. The number of rotatable bonds is 0. The first kappa shape index (κ1) is 10.2. The van der Waals surface area contributed by atoms with Crippen LogP contribution in [0.4, 0.5) is 4.39 Å². The van der Waals surface area contributed by atoms with Crippen LogP contribution in [0.15, 0.2) is 24.3 Å². The van der Waals surface area contributed by atoms with Crippen LogP contribution in [0.5, 0.6) is 0 Å². The number of halogens is 1. The number of thiophene rings is 1. The van der Waals surface area contributed by atoms with Crippen LogP contribution in [0, 0.1) is 12.7 Å². The smallest absolute Gasteiger partial charge is 0.123 e. The van der Waals surface area contributed by atoms with Crippen LogP contribution >= 0.6 is 11.3 Å². The molecule has 2 heteroatoms. The second-order valence-corrected chi connectivity index (χ2v) is 3.83.